The van der Waals surface area contributed by atoms with Crippen molar-refractivity contribution < 1.29 is 14.6 Å². The van der Waals surface area contributed by atoms with Crippen molar-refractivity contribution in [1.29, 1.82) is 0 Å². The van der Waals surface area contributed by atoms with E-state index in [-0.39, 0.29) is 11.7 Å². The molecule has 0 radical (unpaired) electrons. The minimum atomic E-state index is -0.739. The number of carboxylic acid groups (broad SMARTS) is 1. The van der Waals surface area contributed by atoms with Gasteiger partial charge in [-0.25, -0.2) is 0 Å². The highest BCUT2D eigenvalue weighted by molar-refractivity contribution is 5.79. The molecular formula is C13H23NO3. The van der Waals surface area contributed by atoms with Gasteiger partial charge in [0.15, 0.2) is 0 Å². The van der Waals surface area contributed by atoms with E-state index in [1.54, 1.807) is 0 Å². The summed E-state index contributed by atoms with van der Waals surface area (Å²) in [6.45, 7) is 6.05. The summed E-state index contributed by atoms with van der Waals surface area (Å²) in [6.07, 6.45) is 4.40. The largest absolute Gasteiger partial charge is 0.480 e. The third-order valence-electron chi connectivity index (χ3n) is 3.46. The van der Waals surface area contributed by atoms with E-state index in [0.29, 0.717) is 18.9 Å². The van der Waals surface area contributed by atoms with Gasteiger partial charge in [-0.3, -0.25) is 10.1 Å². The van der Waals surface area contributed by atoms with Crippen LogP contribution in [0.2, 0.25) is 0 Å². The number of carboxylic acids is 1. The van der Waals surface area contributed by atoms with Crippen LogP contribution in [0.5, 0.6) is 0 Å². The van der Waals surface area contributed by atoms with E-state index in [9.17, 15) is 9.90 Å². The average molecular weight is 241 g/mol. The molecular weight excluding hydrogens is 218 g/mol. The fourth-order valence-corrected chi connectivity index (χ4v) is 2.61. The number of ether oxygens (including phenoxy) is 1. The van der Waals surface area contributed by atoms with Gasteiger partial charge in [-0.1, -0.05) is 0 Å². The molecule has 2 rings (SSSR count). The van der Waals surface area contributed by atoms with Gasteiger partial charge in [0.1, 0.15) is 5.54 Å². The smallest absolute Gasteiger partial charge is 0.324 e. The van der Waals surface area contributed by atoms with E-state index >= 15 is 0 Å². The highest BCUT2D eigenvalue weighted by Crippen LogP contribution is 2.37. The Hall–Kier alpha value is -0.610. The zero-order valence-corrected chi connectivity index (χ0v) is 11.0. The Morgan fingerprint density at radius 3 is 2.47 bits per heavy atom. The molecule has 0 bridgehead atoms. The molecule has 4 nitrogen and oxygen atoms in total. The van der Waals surface area contributed by atoms with Gasteiger partial charge in [0.25, 0.3) is 0 Å². The molecule has 0 spiro atoms. The van der Waals surface area contributed by atoms with Gasteiger partial charge in [-0.15, -0.1) is 0 Å². The van der Waals surface area contributed by atoms with Crippen LogP contribution in [0.25, 0.3) is 0 Å². The molecule has 2 aliphatic rings. The maximum Gasteiger partial charge on any atom is 0.324 e. The molecule has 2 unspecified atom stereocenters. The molecule has 2 fully saturated rings. The summed E-state index contributed by atoms with van der Waals surface area (Å²) in [4.78, 5) is 11.5. The second-order valence-corrected chi connectivity index (χ2v) is 6.40. The SMILES string of the molecule is CC(C)(C)OC1CCC(NC2CC2)(C(=O)O)C1. The Bertz CT molecular complexity index is 306. The number of hydrogen-bond acceptors (Lipinski definition) is 3. The van der Waals surface area contributed by atoms with Crippen LogP contribution in [-0.4, -0.2) is 34.4 Å². The van der Waals surface area contributed by atoms with E-state index < -0.39 is 11.5 Å². The Kier molecular flexibility index (Phi) is 3.21. The van der Waals surface area contributed by atoms with Crippen molar-refractivity contribution in [2.45, 2.75) is 76.2 Å². The van der Waals surface area contributed by atoms with Crippen molar-refractivity contribution >= 4 is 5.97 Å². The molecule has 0 aromatic carbocycles. The molecule has 2 aliphatic carbocycles. The van der Waals surface area contributed by atoms with Gasteiger partial charge in [0, 0.05) is 12.5 Å². The van der Waals surface area contributed by atoms with E-state index in [4.69, 9.17) is 4.74 Å². The summed E-state index contributed by atoms with van der Waals surface area (Å²) in [5.74, 6) is -0.718. The van der Waals surface area contributed by atoms with Crippen LogP contribution in [0.15, 0.2) is 0 Å². The summed E-state index contributed by atoms with van der Waals surface area (Å²) >= 11 is 0. The maximum absolute atomic E-state index is 11.5. The lowest BCUT2D eigenvalue weighted by atomic mass is 9.97. The van der Waals surface area contributed by atoms with E-state index in [1.807, 2.05) is 20.8 Å². The van der Waals surface area contributed by atoms with Crippen molar-refractivity contribution in [2.24, 2.45) is 0 Å². The number of nitrogens with one attached hydrogen (secondary N) is 1. The van der Waals surface area contributed by atoms with E-state index in [1.165, 1.54) is 0 Å². The Balaban J connectivity index is 1.98. The first-order valence-electron chi connectivity index (χ1n) is 6.50. The number of rotatable bonds is 4. The van der Waals surface area contributed by atoms with Gasteiger partial charge >= 0.3 is 5.97 Å². The molecule has 0 aliphatic heterocycles. The number of hydrogen-bond donors (Lipinski definition) is 2. The summed E-state index contributed by atoms with van der Waals surface area (Å²) in [7, 11) is 0. The molecule has 4 heteroatoms. The molecule has 0 aromatic heterocycles. The molecule has 2 atom stereocenters. The predicted octanol–water partition coefficient (Wildman–Crippen LogP) is 1.93. The van der Waals surface area contributed by atoms with Crippen molar-refractivity contribution in [3.05, 3.63) is 0 Å². The second-order valence-electron chi connectivity index (χ2n) is 6.40. The number of carbonyl (C=O) groups is 1. The molecule has 0 heterocycles. The molecule has 2 N–H and O–H groups in total. The lowest BCUT2D eigenvalue weighted by molar-refractivity contribution is -0.145. The van der Waals surface area contributed by atoms with Gasteiger partial charge in [-0.05, 0) is 46.5 Å². The highest BCUT2D eigenvalue weighted by atomic mass is 16.5. The molecule has 17 heavy (non-hydrogen) atoms. The summed E-state index contributed by atoms with van der Waals surface area (Å²) < 4.78 is 5.90. The summed E-state index contributed by atoms with van der Waals surface area (Å²) in [5.41, 5.74) is -0.935. The minimum Gasteiger partial charge on any atom is -0.480 e. The van der Waals surface area contributed by atoms with Gasteiger partial charge in [0.05, 0.1) is 11.7 Å². The third-order valence-corrected chi connectivity index (χ3v) is 3.46. The third kappa shape index (κ3) is 3.19. The normalized spacial score (nSPS) is 33.9. The lowest BCUT2D eigenvalue weighted by Crippen LogP contribution is -2.51. The molecule has 0 aromatic rings. The second kappa shape index (κ2) is 4.25. The minimum absolute atomic E-state index is 0.0670. The van der Waals surface area contributed by atoms with Crippen LogP contribution in [0, 0.1) is 0 Å². The summed E-state index contributed by atoms with van der Waals surface area (Å²) in [6, 6.07) is 0.416. The van der Waals surface area contributed by atoms with E-state index in [0.717, 1.165) is 19.3 Å². The van der Waals surface area contributed by atoms with Gasteiger partial charge in [-0.2, -0.15) is 0 Å². The predicted molar refractivity (Wildman–Crippen MR) is 65.0 cm³/mol. The molecule has 0 amide bonds. The van der Waals surface area contributed by atoms with Crippen LogP contribution in [0.3, 0.4) is 0 Å². The van der Waals surface area contributed by atoms with Gasteiger partial charge in [0.2, 0.25) is 0 Å². The lowest BCUT2D eigenvalue weighted by Gasteiger charge is -2.28. The van der Waals surface area contributed by atoms with Crippen LogP contribution >= 0.6 is 0 Å². The van der Waals surface area contributed by atoms with E-state index in [2.05, 4.69) is 5.32 Å². The van der Waals surface area contributed by atoms with Crippen LogP contribution in [0.4, 0.5) is 0 Å². The highest BCUT2D eigenvalue weighted by Gasteiger charge is 2.49. The van der Waals surface area contributed by atoms with Crippen LogP contribution < -0.4 is 5.32 Å². The molecule has 98 valence electrons. The Morgan fingerprint density at radius 2 is 2.00 bits per heavy atom. The zero-order chi connectivity index (χ0) is 12.7. The Labute approximate surface area is 103 Å². The average Bonchev–Trinajstić information content (AvgIpc) is 2.86. The maximum atomic E-state index is 11.5. The fraction of sp³-hybridized carbons (Fsp3) is 0.923. The van der Waals surface area contributed by atoms with Crippen molar-refractivity contribution in [1.82, 2.24) is 5.32 Å². The fourth-order valence-electron chi connectivity index (χ4n) is 2.61. The van der Waals surface area contributed by atoms with Crippen molar-refractivity contribution in [2.75, 3.05) is 0 Å². The quantitative estimate of drug-likeness (QED) is 0.789. The zero-order valence-electron chi connectivity index (χ0n) is 11.0. The molecule has 0 saturated heterocycles. The number of aliphatic carboxylic acids is 1. The summed E-state index contributed by atoms with van der Waals surface area (Å²) in [5, 5.41) is 12.7. The first-order chi connectivity index (χ1) is 7.81. The topological polar surface area (TPSA) is 58.6 Å². The van der Waals surface area contributed by atoms with Crippen molar-refractivity contribution in [3.63, 3.8) is 0 Å². The van der Waals surface area contributed by atoms with Crippen LogP contribution in [-0.2, 0) is 9.53 Å². The standard InChI is InChI=1S/C13H23NO3/c1-12(2,3)17-10-6-7-13(8-10,11(15)16)14-9-4-5-9/h9-10,14H,4-8H2,1-3H3,(H,15,16). The van der Waals surface area contributed by atoms with Crippen LogP contribution in [0.1, 0.15) is 52.9 Å². The van der Waals surface area contributed by atoms with Crippen molar-refractivity contribution in [3.8, 4) is 0 Å². The molecule has 2 saturated carbocycles. The monoisotopic (exact) mass is 241 g/mol. The first-order valence-corrected chi connectivity index (χ1v) is 6.50. The first kappa shape index (κ1) is 12.8. The van der Waals surface area contributed by atoms with Gasteiger partial charge < -0.3 is 9.84 Å². The Morgan fingerprint density at radius 1 is 1.35 bits per heavy atom.